The summed E-state index contributed by atoms with van der Waals surface area (Å²) in [7, 11) is 2.76. The zero-order valence-electron chi connectivity index (χ0n) is 14.2. The van der Waals surface area contributed by atoms with Crippen LogP contribution in [-0.2, 0) is 19.1 Å². The minimum Gasteiger partial charge on any atom is -0.459 e. The van der Waals surface area contributed by atoms with Gasteiger partial charge in [-0.05, 0) is 41.5 Å². The predicted molar refractivity (Wildman–Crippen MR) is 92.6 cm³/mol. The largest absolute Gasteiger partial charge is 0.459 e. The van der Waals surface area contributed by atoms with Crippen LogP contribution < -0.4 is 11.5 Å². The number of nitrogens with two attached hydrogens (primary N) is 2. The number of ether oxygens (including phenoxy) is 2. The molecular weight excluding hydrogens is 324 g/mol. The number of esters is 2. The van der Waals surface area contributed by atoms with Crippen molar-refractivity contribution in [3.63, 3.8) is 0 Å². The number of rotatable bonds is 7. The molecule has 0 aromatic rings. The minimum absolute atomic E-state index is 0.390. The summed E-state index contributed by atoms with van der Waals surface area (Å²) in [5, 5.41) is 0. The molecule has 0 aliphatic rings. The molecule has 4 N–H and O–H groups in total. The monoisotopic (exact) mass is 352 g/mol. The van der Waals surface area contributed by atoms with Gasteiger partial charge in [-0.3, -0.25) is 9.59 Å². The fourth-order valence-electron chi connectivity index (χ4n) is 1.13. The Hall–Kier alpha value is -0.440. The maximum Gasteiger partial charge on any atom is 0.324 e. The molecular formula is C14H28N2O4S2. The van der Waals surface area contributed by atoms with Gasteiger partial charge in [0.2, 0.25) is 0 Å². The number of carbonyl (C=O) groups excluding carboxylic acids is 2. The maximum atomic E-state index is 11.7. The summed E-state index contributed by atoms with van der Waals surface area (Å²) in [4.78, 5) is 23.4. The Morgan fingerprint density at radius 3 is 1.32 bits per heavy atom. The summed E-state index contributed by atoms with van der Waals surface area (Å²) in [6.45, 7) is 10.7. The first-order valence-corrected chi connectivity index (χ1v) is 9.52. The van der Waals surface area contributed by atoms with Crippen LogP contribution in [0.1, 0.15) is 41.5 Å². The lowest BCUT2D eigenvalue weighted by atomic mass is 10.2. The highest BCUT2D eigenvalue weighted by atomic mass is 33.1. The Balaban J connectivity index is 3.97. The molecule has 0 aliphatic heterocycles. The Morgan fingerprint density at radius 2 is 1.09 bits per heavy atom. The molecule has 8 heteroatoms. The average molecular weight is 353 g/mol. The van der Waals surface area contributed by atoms with Gasteiger partial charge in [-0.2, -0.15) is 0 Å². The summed E-state index contributed by atoms with van der Waals surface area (Å²) < 4.78 is 10.4. The SMILES string of the molecule is CC(C)(C)OC(=O)[C@H](N)CSSC[C@@H](N)C(=O)OC(C)(C)C. The third-order valence-corrected chi connectivity index (χ3v) is 4.47. The van der Waals surface area contributed by atoms with Crippen LogP contribution in [-0.4, -0.2) is 46.7 Å². The van der Waals surface area contributed by atoms with Gasteiger partial charge in [-0.1, -0.05) is 21.6 Å². The van der Waals surface area contributed by atoms with Crippen LogP contribution in [0.3, 0.4) is 0 Å². The van der Waals surface area contributed by atoms with Crippen molar-refractivity contribution < 1.29 is 19.1 Å². The topological polar surface area (TPSA) is 105 Å². The highest BCUT2D eigenvalue weighted by molar-refractivity contribution is 8.76. The van der Waals surface area contributed by atoms with Gasteiger partial charge < -0.3 is 20.9 Å². The van der Waals surface area contributed by atoms with Crippen LogP contribution in [0.25, 0.3) is 0 Å². The van der Waals surface area contributed by atoms with E-state index in [0.29, 0.717) is 11.5 Å². The zero-order valence-corrected chi connectivity index (χ0v) is 15.8. The van der Waals surface area contributed by atoms with Gasteiger partial charge in [-0.15, -0.1) is 0 Å². The third-order valence-electron chi connectivity index (χ3n) is 2.00. The van der Waals surface area contributed by atoms with Crippen molar-refractivity contribution in [1.82, 2.24) is 0 Å². The first-order valence-electron chi connectivity index (χ1n) is 7.03. The third kappa shape index (κ3) is 11.2. The van der Waals surface area contributed by atoms with Crippen LogP contribution in [0.4, 0.5) is 0 Å². The predicted octanol–water partition coefficient (Wildman–Crippen LogP) is 1.71. The van der Waals surface area contributed by atoms with Crippen molar-refractivity contribution in [2.24, 2.45) is 11.5 Å². The van der Waals surface area contributed by atoms with E-state index >= 15 is 0 Å². The van der Waals surface area contributed by atoms with E-state index in [4.69, 9.17) is 20.9 Å². The van der Waals surface area contributed by atoms with Crippen molar-refractivity contribution in [1.29, 1.82) is 0 Å². The van der Waals surface area contributed by atoms with E-state index in [-0.39, 0.29) is 0 Å². The van der Waals surface area contributed by atoms with Crippen molar-refractivity contribution >= 4 is 33.5 Å². The van der Waals surface area contributed by atoms with E-state index in [0.717, 1.165) is 0 Å². The minimum atomic E-state index is -0.700. The van der Waals surface area contributed by atoms with E-state index in [1.807, 2.05) is 0 Å². The molecule has 22 heavy (non-hydrogen) atoms. The molecule has 130 valence electrons. The van der Waals surface area contributed by atoms with Gasteiger partial charge in [-0.25, -0.2) is 0 Å². The van der Waals surface area contributed by atoms with Gasteiger partial charge in [0, 0.05) is 11.5 Å². The van der Waals surface area contributed by atoms with Crippen molar-refractivity contribution in [2.75, 3.05) is 11.5 Å². The first kappa shape index (κ1) is 21.6. The molecule has 0 saturated heterocycles. The van der Waals surface area contributed by atoms with E-state index in [9.17, 15) is 9.59 Å². The molecule has 0 unspecified atom stereocenters. The van der Waals surface area contributed by atoms with Gasteiger partial charge >= 0.3 is 11.9 Å². The molecule has 0 heterocycles. The van der Waals surface area contributed by atoms with Crippen LogP contribution in [0.5, 0.6) is 0 Å². The number of hydrogen-bond donors (Lipinski definition) is 2. The smallest absolute Gasteiger partial charge is 0.324 e. The Bertz CT molecular complexity index is 342. The maximum absolute atomic E-state index is 11.7. The highest BCUT2D eigenvalue weighted by Crippen LogP contribution is 2.23. The molecule has 0 bridgehead atoms. The van der Waals surface area contributed by atoms with Crippen molar-refractivity contribution in [3.8, 4) is 0 Å². The Labute approximate surface area is 140 Å². The van der Waals surface area contributed by atoms with Crippen LogP contribution in [0.2, 0.25) is 0 Å². The molecule has 0 saturated carbocycles. The molecule has 6 nitrogen and oxygen atoms in total. The van der Waals surface area contributed by atoms with Crippen LogP contribution in [0.15, 0.2) is 0 Å². The molecule has 0 aromatic heterocycles. The fraction of sp³-hybridized carbons (Fsp3) is 0.857. The Kier molecular flexibility index (Phi) is 8.82. The standard InChI is InChI=1S/C14H28N2O4S2/c1-13(2,3)19-11(17)9(15)7-21-22-8-10(16)12(18)20-14(4,5)6/h9-10H,7-8,15-16H2,1-6H3/t9-,10-/m1/s1. The molecule has 2 atom stereocenters. The molecule has 0 spiro atoms. The second-order valence-electron chi connectivity index (χ2n) is 6.85. The normalized spacial score (nSPS) is 15.1. The van der Waals surface area contributed by atoms with Crippen molar-refractivity contribution in [3.05, 3.63) is 0 Å². The van der Waals surface area contributed by atoms with Crippen LogP contribution >= 0.6 is 21.6 Å². The van der Waals surface area contributed by atoms with E-state index in [1.54, 1.807) is 41.5 Å². The zero-order chi connectivity index (χ0) is 17.6. The van der Waals surface area contributed by atoms with Gasteiger partial charge in [0.25, 0.3) is 0 Å². The second kappa shape index (κ2) is 9.00. The van der Waals surface area contributed by atoms with Crippen molar-refractivity contribution in [2.45, 2.75) is 64.8 Å². The molecule has 0 aliphatic carbocycles. The number of hydrogen-bond acceptors (Lipinski definition) is 8. The van der Waals surface area contributed by atoms with Gasteiger partial charge in [0.05, 0.1) is 0 Å². The first-order chi connectivity index (χ1) is 9.82. The lowest BCUT2D eigenvalue weighted by Gasteiger charge is -2.22. The van der Waals surface area contributed by atoms with E-state index in [2.05, 4.69) is 0 Å². The van der Waals surface area contributed by atoms with Gasteiger partial charge in [0.1, 0.15) is 23.3 Å². The summed E-state index contributed by atoms with van der Waals surface area (Å²) in [5.41, 5.74) is 10.4. The molecule has 0 radical (unpaired) electrons. The van der Waals surface area contributed by atoms with E-state index < -0.39 is 35.2 Å². The Morgan fingerprint density at radius 1 is 0.818 bits per heavy atom. The summed E-state index contributed by atoms with van der Waals surface area (Å²) >= 11 is 0. The van der Waals surface area contributed by atoms with Crippen LogP contribution in [0, 0.1) is 0 Å². The summed E-state index contributed by atoms with van der Waals surface area (Å²) in [5.74, 6) is -0.0876. The lowest BCUT2D eigenvalue weighted by molar-refractivity contribution is -0.156. The molecule has 0 aromatic carbocycles. The van der Waals surface area contributed by atoms with E-state index in [1.165, 1.54) is 21.6 Å². The number of carbonyl (C=O) groups is 2. The molecule has 0 amide bonds. The highest BCUT2D eigenvalue weighted by Gasteiger charge is 2.24. The molecule has 0 fully saturated rings. The summed E-state index contributed by atoms with van der Waals surface area (Å²) in [6.07, 6.45) is 0. The second-order valence-corrected chi connectivity index (χ2v) is 9.40. The van der Waals surface area contributed by atoms with Gasteiger partial charge in [0.15, 0.2) is 0 Å². The average Bonchev–Trinajstić information content (AvgIpc) is 2.29. The molecule has 0 rings (SSSR count). The fourth-order valence-corrected chi connectivity index (χ4v) is 3.35. The summed E-state index contributed by atoms with van der Waals surface area (Å²) in [6, 6.07) is -1.40. The quantitative estimate of drug-likeness (QED) is 0.405. The lowest BCUT2D eigenvalue weighted by Crippen LogP contribution is -2.39.